The molecule has 0 bridgehead atoms. The van der Waals surface area contributed by atoms with E-state index in [4.69, 9.17) is 13.2 Å². The second-order valence-electron chi connectivity index (χ2n) is 13.7. The Labute approximate surface area is 291 Å². The number of amides is 1. The van der Waals surface area contributed by atoms with Crippen LogP contribution in [0.1, 0.15) is 63.3 Å². The van der Waals surface area contributed by atoms with Crippen LogP contribution in [0.4, 0.5) is 4.39 Å². The van der Waals surface area contributed by atoms with Gasteiger partial charge in [0, 0.05) is 30.2 Å². The maximum Gasteiger partial charge on any atom is 0.360 e. The number of phenols is 1. The van der Waals surface area contributed by atoms with Crippen LogP contribution in [-0.4, -0.2) is 47.4 Å². The van der Waals surface area contributed by atoms with Gasteiger partial charge in [0.2, 0.25) is 5.91 Å². The van der Waals surface area contributed by atoms with Gasteiger partial charge in [0.25, 0.3) is 0 Å². The van der Waals surface area contributed by atoms with Crippen LogP contribution in [-0.2, 0) is 22.6 Å². The van der Waals surface area contributed by atoms with Gasteiger partial charge < -0.3 is 23.2 Å². The fraction of sp³-hybridized carbons (Fsp3) is 0.359. The van der Waals surface area contributed by atoms with Gasteiger partial charge in [-0.3, -0.25) is 9.36 Å². The summed E-state index contributed by atoms with van der Waals surface area (Å²) in [5.41, 5.74) is 3.86. The van der Waals surface area contributed by atoms with E-state index < -0.39 is 29.9 Å². The molecule has 262 valence electrons. The van der Waals surface area contributed by atoms with Crippen LogP contribution >= 0.6 is 17.9 Å². The minimum atomic E-state index is -3.39. The van der Waals surface area contributed by atoms with E-state index in [1.54, 1.807) is 47.4 Å². The summed E-state index contributed by atoms with van der Waals surface area (Å²) in [6.45, 7) is 6.48. The van der Waals surface area contributed by atoms with E-state index in [2.05, 4.69) is 33.3 Å². The first-order valence-corrected chi connectivity index (χ1v) is 20.3. The Kier molecular flexibility index (Phi) is 11.1. The summed E-state index contributed by atoms with van der Waals surface area (Å²) in [6.07, 6.45) is 15.6. The fourth-order valence-corrected chi connectivity index (χ4v) is 8.17. The third-order valence-electron chi connectivity index (χ3n) is 9.62. The quantitative estimate of drug-likeness (QED) is 0.149. The monoisotopic (exact) mass is 707 g/mol. The second kappa shape index (κ2) is 14.8. The Morgan fingerprint density at radius 1 is 0.980 bits per heavy atom. The van der Waals surface area contributed by atoms with Gasteiger partial charge >= 0.3 is 7.60 Å². The maximum atomic E-state index is 14.0. The Balaban J connectivity index is 1.46. The van der Waals surface area contributed by atoms with Crippen molar-refractivity contribution in [2.24, 2.45) is 5.92 Å². The van der Waals surface area contributed by atoms with Crippen molar-refractivity contribution in [2.45, 2.75) is 56.9 Å². The van der Waals surface area contributed by atoms with Crippen LogP contribution < -0.4 is 5.30 Å². The molecule has 1 amide bonds. The number of hydrogen-bond donors (Lipinski definition) is 1. The van der Waals surface area contributed by atoms with Crippen molar-refractivity contribution < 1.29 is 32.1 Å². The normalized spacial score (nSPS) is 19.3. The Bertz CT molecular complexity index is 1790. The third kappa shape index (κ3) is 7.82. The summed E-state index contributed by atoms with van der Waals surface area (Å²) < 4.78 is 43.7. The SMILES string of the molecule is COP(=O)(OC)c1ccc(-c2ccc(C3[C@@H](CCC(OS(C)(C)C(C)(C)C)c4ccc(F)cc4)C(=O)N3C3=CC=CCC=C3)c(O)c2)cc1. The summed E-state index contributed by atoms with van der Waals surface area (Å²) in [5, 5.41) is 11.9. The van der Waals surface area contributed by atoms with E-state index in [1.165, 1.54) is 26.4 Å². The zero-order valence-corrected chi connectivity index (χ0v) is 31.0. The molecule has 49 heavy (non-hydrogen) atoms. The van der Waals surface area contributed by atoms with Gasteiger partial charge in [-0.1, -0.05) is 75.4 Å². The summed E-state index contributed by atoms with van der Waals surface area (Å²) in [5.74, 6) is -0.661. The molecule has 1 saturated heterocycles. The van der Waals surface area contributed by atoms with Crippen LogP contribution in [0.25, 0.3) is 11.1 Å². The van der Waals surface area contributed by atoms with E-state index in [0.29, 0.717) is 23.7 Å². The molecule has 0 saturated carbocycles. The molecule has 1 aliphatic carbocycles. The van der Waals surface area contributed by atoms with E-state index in [0.717, 1.165) is 28.8 Å². The predicted octanol–water partition coefficient (Wildman–Crippen LogP) is 9.52. The summed E-state index contributed by atoms with van der Waals surface area (Å²) >= 11 is 0. The molecule has 1 N–H and O–H groups in total. The van der Waals surface area contributed by atoms with Crippen molar-refractivity contribution in [3.05, 3.63) is 120 Å². The maximum absolute atomic E-state index is 14.0. The average Bonchev–Trinajstić information content (AvgIpc) is 3.35. The number of aromatic hydroxyl groups is 1. The van der Waals surface area contributed by atoms with Crippen LogP contribution in [0.2, 0.25) is 0 Å². The lowest BCUT2D eigenvalue weighted by Crippen LogP contribution is -2.54. The van der Waals surface area contributed by atoms with Gasteiger partial charge in [0.05, 0.1) is 23.4 Å². The lowest BCUT2D eigenvalue weighted by atomic mass is 9.77. The second-order valence-corrected chi connectivity index (χ2v) is 19.8. The highest BCUT2D eigenvalue weighted by atomic mass is 32.3. The van der Waals surface area contributed by atoms with Crippen molar-refractivity contribution in [3.8, 4) is 16.9 Å². The number of likely N-dealkylation sites (tertiary alicyclic amines) is 1. The van der Waals surface area contributed by atoms with Crippen LogP contribution in [0.5, 0.6) is 5.75 Å². The first-order chi connectivity index (χ1) is 23.2. The van der Waals surface area contributed by atoms with E-state index in [-0.39, 0.29) is 28.3 Å². The van der Waals surface area contributed by atoms with Gasteiger partial charge in [-0.25, -0.2) is 4.39 Å². The van der Waals surface area contributed by atoms with Crippen molar-refractivity contribution in [2.75, 3.05) is 26.7 Å². The predicted molar refractivity (Wildman–Crippen MR) is 198 cm³/mol. The molecule has 10 heteroatoms. The van der Waals surface area contributed by atoms with E-state index >= 15 is 0 Å². The molecule has 1 heterocycles. The fourth-order valence-electron chi connectivity index (χ4n) is 6.01. The van der Waals surface area contributed by atoms with Gasteiger partial charge in [-0.15, -0.1) is 10.3 Å². The first kappa shape index (κ1) is 36.8. The number of benzene rings is 3. The zero-order chi connectivity index (χ0) is 35.6. The molecule has 0 spiro atoms. The minimum absolute atomic E-state index is 0.0173. The molecule has 5 rings (SSSR count). The molecule has 0 radical (unpaired) electrons. The Morgan fingerprint density at radius 2 is 1.63 bits per heavy atom. The number of allylic oxidation sites excluding steroid dienone is 5. The van der Waals surface area contributed by atoms with Crippen molar-refractivity contribution in [1.29, 1.82) is 0 Å². The smallest absolute Gasteiger partial charge is 0.360 e. The number of carbonyl (C=O) groups is 1. The number of rotatable bonds is 12. The van der Waals surface area contributed by atoms with Crippen LogP contribution in [0.15, 0.2) is 103 Å². The van der Waals surface area contributed by atoms with Gasteiger partial charge in [0.1, 0.15) is 11.6 Å². The molecular weight excluding hydrogens is 660 g/mol. The minimum Gasteiger partial charge on any atom is -0.508 e. The molecule has 3 aromatic rings. The van der Waals surface area contributed by atoms with Crippen LogP contribution in [0.3, 0.4) is 0 Å². The first-order valence-electron chi connectivity index (χ1n) is 16.4. The van der Waals surface area contributed by atoms with Gasteiger partial charge in [-0.05, 0) is 90.9 Å². The summed E-state index contributed by atoms with van der Waals surface area (Å²) in [7, 11) is -2.24. The lowest BCUT2D eigenvalue weighted by Gasteiger charge is -2.49. The van der Waals surface area contributed by atoms with Crippen LogP contribution in [0, 0.1) is 11.7 Å². The zero-order valence-electron chi connectivity index (χ0n) is 29.3. The summed E-state index contributed by atoms with van der Waals surface area (Å²) in [6, 6.07) is 18.5. The van der Waals surface area contributed by atoms with Crippen molar-refractivity contribution in [3.63, 3.8) is 0 Å². The molecule has 2 unspecified atom stereocenters. The standard InChI is InChI=1S/C39H47FNO6PS/c1-39(2,3)49(6,7)47-36(28-14-19-30(40)20-15-28)25-24-34-37(41(38(34)43)31-12-10-8-9-11-13-31)33-23-18-29(26-35(33)42)27-16-21-32(22-17-27)48(44,45-4)46-5/h8,10-23,26,34,36-37,42H,9,24-25H2,1-7H3/t34-,36?,37?/m1/s1. The lowest BCUT2D eigenvalue weighted by molar-refractivity contribution is -0.153. The van der Waals surface area contributed by atoms with Gasteiger partial charge in [-0.2, -0.15) is 0 Å². The molecule has 7 nitrogen and oxygen atoms in total. The summed E-state index contributed by atoms with van der Waals surface area (Å²) in [4.78, 5) is 15.7. The van der Waals surface area contributed by atoms with Gasteiger partial charge in [0.15, 0.2) is 0 Å². The van der Waals surface area contributed by atoms with Crippen molar-refractivity contribution >= 4 is 29.1 Å². The number of phenolic OH excluding ortho intramolecular Hbond substituents is 1. The largest absolute Gasteiger partial charge is 0.508 e. The highest BCUT2D eigenvalue weighted by Gasteiger charge is 2.50. The highest BCUT2D eigenvalue weighted by molar-refractivity contribution is 8.29. The highest BCUT2D eigenvalue weighted by Crippen LogP contribution is 2.58. The molecule has 2 aliphatic rings. The van der Waals surface area contributed by atoms with Crippen molar-refractivity contribution in [1.82, 2.24) is 4.90 Å². The Morgan fingerprint density at radius 3 is 2.24 bits per heavy atom. The van der Waals surface area contributed by atoms with E-state index in [9.17, 15) is 18.9 Å². The molecule has 3 aromatic carbocycles. The number of hydrogen-bond acceptors (Lipinski definition) is 6. The number of halogens is 1. The molecule has 1 aliphatic heterocycles. The molecular formula is C39H47FNO6PS. The number of nitrogens with zero attached hydrogens (tertiary/aromatic N) is 1. The third-order valence-corrected chi connectivity index (χ3v) is 15.2. The average molecular weight is 708 g/mol. The molecule has 3 atom stereocenters. The Hall–Kier alpha value is -3.46. The number of carbonyl (C=O) groups excluding carboxylic acids is 1. The molecule has 1 fully saturated rings. The van der Waals surface area contributed by atoms with E-state index in [1.807, 2.05) is 42.5 Å². The molecule has 0 aromatic heterocycles. The number of β-lactam (4-membered cyclic amide) rings is 1. The topological polar surface area (TPSA) is 85.3 Å².